The summed E-state index contributed by atoms with van der Waals surface area (Å²) in [6.07, 6.45) is 2.48. The van der Waals surface area contributed by atoms with Gasteiger partial charge in [0.15, 0.2) is 5.75 Å². The first kappa shape index (κ1) is 13.9. The molecule has 3 rings (SSSR count). The van der Waals surface area contributed by atoms with Crippen molar-refractivity contribution in [3.05, 3.63) is 65.3 Å². The number of hydrogen-bond acceptors (Lipinski definition) is 3. The first-order valence-electron chi connectivity index (χ1n) is 6.78. The highest BCUT2D eigenvalue weighted by molar-refractivity contribution is 6.30. The monoisotopic (exact) mass is 298 g/mol. The van der Waals surface area contributed by atoms with Gasteiger partial charge in [-0.15, -0.1) is 0 Å². The van der Waals surface area contributed by atoms with Gasteiger partial charge in [0.25, 0.3) is 0 Å². The molecule has 0 fully saturated rings. The molecule has 1 heterocycles. The van der Waals surface area contributed by atoms with Crippen LogP contribution >= 0.6 is 11.6 Å². The fourth-order valence-electron chi connectivity index (χ4n) is 2.28. The summed E-state index contributed by atoms with van der Waals surface area (Å²) in [4.78, 5) is 4.39. The topological polar surface area (TPSA) is 48.1 Å². The van der Waals surface area contributed by atoms with Gasteiger partial charge in [-0.25, -0.2) is 0 Å². The largest absolute Gasteiger partial charge is 0.455 e. The molecule has 0 bridgehead atoms. The maximum Gasteiger partial charge on any atom is 0.153 e. The Kier molecular flexibility index (Phi) is 4.04. The second-order valence-electron chi connectivity index (χ2n) is 4.72. The minimum Gasteiger partial charge on any atom is -0.455 e. The van der Waals surface area contributed by atoms with Crippen LogP contribution in [0.25, 0.3) is 10.9 Å². The van der Waals surface area contributed by atoms with Crippen LogP contribution in [0, 0.1) is 0 Å². The summed E-state index contributed by atoms with van der Waals surface area (Å²) < 4.78 is 6.05. The molecule has 2 aromatic carbocycles. The summed E-state index contributed by atoms with van der Waals surface area (Å²) in [5.74, 6) is 1.50. The summed E-state index contributed by atoms with van der Waals surface area (Å²) in [6.45, 7) is 0.546. The van der Waals surface area contributed by atoms with Crippen LogP contribution in [-0.2, 0) is 6.42 Å². The van der Waals surface area contributed by atoms with Gasteiger partial charge in [0.05, 0.1) is 0 Å². The van der Waals surface area contributed by atoms with E-state index in [1.807, 2.05) is 48.5 Å². The van der Waals surface area contributed by atoms with Gasteiger partial charge in [-0.3, -0.25) is 4.98 Å². The van der Waals surface area contributed by atoms with Gasteiger partial charge in [0.1, 0.15) is 11.3 Å². The van der Waals surface area contributed by atoms with E-state index in [-0.39, 0.29) is 0 Å². The Morgan fingerprint density at radius 2 is 1.90 bits per heavy atom. The summed E-state index contributed by atoms with van der Waals surface area (Å²) >= 11 is 6.04. The fourth-order valence-corrected chi connectivity index (χ4v) is 2.47. The van der Waals surface area contributed by atoms with Crippen molar-refractivity contribution in [3.8, 4) is 11.5 Å². The highest BCUT2D eigenvalue weighted by atomic mass is 35.5. The van der Waals surface area contributed by atoms with E-state index in [1.165, 1.54) is 0 Å². The lowest BCUT2D eigenvalue weighted by Gasteiger charge is -2.12. The van der Waals surface area contributed by atoms with E-state index < -0.39 is 0 Å². The lowest BCUT2D eigenvalue weighted by molar-refractivity contribution is 0.480. The smallest absolute Gasteiger partial charge is 0.153 e. The van der Waals surface area contributed by atoms with Crippen molar-refractivity contribution in [2.75, 3.05) is 6.54 Å². The molecule has 3 nitrogen and oxygen atoms in total. The van der Waals surface area contributed by atoms with Gasteiger partial charge in [0, 0.05) is 16.6 Å². The first-order chi connectivity index (χ1) is 10.3. The number of fused-ring (bicyclic) bond motifs is 1. The van der Waals surface area contributed by atoms with Gasteiger partial charge in [-0.1, -0.05) is 29.8 Å². The molecular formula is C17H15ClN2O. The minimum atomic E-state index is 0.546. The molecule has 0 unspecified atom stereocenters. The van der Waals surface area contributed by atoms with E-state index in [1.54, 1.807) is 6.20 Å². The molecule has 106 valence electrons. The van der Waals surface area contributed by atoms with Gasteiger partial charge in [-0.2, -0.15) is 0 Å². The second-order valence-corrected chi connectivity index (χ2v) is 5.16. The lowest BCUT2D eigenvalue weighted by Crippen LogP contribution is -2.04. The van der Waals surface area contributed by atoms with Crippen molar-refractivity contribution in [1.82, 2.24) is 4.98 Å². The number of nitrogens with zero attached hydrogens (tertiary/aromatic N) is 1. The van der Waals surface area contributed by atoms with Gasteiger partial charge in [0.2, 0.25) is 0 Å². The van der Waals surface area contributed by atoms with Crippen molar-refractivity contribution in [3.63, 3.8) is 0 Å². The van der Waals surface area contributed by atoms with E-state index >= 15 is 0 Å². The quantitative estimate of drug-likeness (QED) is 0.786. The van der Waals surface area contributed by atoms with Gasteiger partial charge >= 0.3 is 0 Å². The molecule has 0 radical (unpaired) electrons. The zero-order valence-corrected chi connectivity index (χ0v) is 12.2. The zero-order valence-electron chi connectivity index (χ0n) is 11.4. The molecule has 0 saturated heterocycles. The molecule has 2 N–H and O–H groups in total. The average Bonchev–Trinajstić information content (AvgIpc) is 2.50. The maximum atomic E-state index is 6.05. The SMILES string of the molecule is NCCc1cc(Cl)ccc1Oc1cccc2cccnc12. The molecule has 3 aromatic rings. The Balaban J connectivity index is 2.02. The normalized spacial score (nSPS) is 10.8. The standard InChI is InChI=1S/C17H15ClN2O/c18-14-6-7-15(13(11-14)8-9-19)21-16-5-1-3-12-4-2-10-20-17(12)16/h1-7,10-11H,8-9,19H2. The van der Waals surface area contributed by atoms with Crippen LogP contribution in [0.5, 0.6) is 11.5 Å². The molecule has 0 spiro atoms. The van der Waals surface area contributed by atoms with Crippen molar-refractivity contribution < 1.29 is 4.74 Å². The number of para-hydroxylation sites is 1. The third-order valence-electron chi connectivity index (χ3n) is 3.25. The molecule has 0 aliphatic heterocycles. The minimum absolute atomic E-state index is 0.546. The average molecular weight is 299 g/mol. The second kappa shape index (κ2) is 6.12. The van der Waals surface area contributed by atoms with Gasteiger partial charge < -0.3 is 10.5 Å². The van der Waals surface area contributed by atoms with E-state index in [9.17, 15) is 0 Å². The Morgan fingerprint density at radius 3 is 2.76 bits per heavy atom. The number of pyridine rings is 1. The fraction of sp³-hybridized carbons (Fsp3) is 0.118. The van der Waals surface area contributed by atoms with Crippen LogP contribution in [0.15, 0.2) is 54.7 Å². The Bertz CT molecular complexity index is 768. The number of benzene rings is 2. The predicted molar refractivity (Wildman–Crippen MR) is 86.0 cm³/mol. The van der Waals surface area contributed by atoms with Gasteiger partial charge in [-0.05, 0) is 48.9 Å². The Labute approximate surface area is 128 Å². The summed E-state index contributed by atoms with van der Waals surface area (Å²) in [7, 11) is 0. The van der Waals surface area contributed by atoms with Crippen molar-refractivity contribution >= 4 is 22.5 Å². The number of ether oxygens (including phenoxy) is 1. The first-order valence-corrected chi connectivity index (χ1v) is 7.16. The van der Waals surface area contributed by atoms with Crippen LogP contribution < -0.4 is 10.5 Å². The zero-order chi connectivity index (χ0) is 14.7. The number of nitrogens with two attached hydrogens (primary N) is 1. The van der Waals surface area contributed by atoms with E-state index in [0.717, 1.165) is 28.0 Å². The van der Waals surface area contributed by atoms with Crippen LogP contribution in [0.2, 0.25) is 5.02 Å². The van der Waals surface area contributed by atoms with Crippen LogP contribution in [0.4, 0.5) is 0 Å². The molecule has 21 heavy (non-hydrogen) atoms. The predicted octanol–water partition coefficient (Wildman–Crippen LogP) is 4.18. The molecular weight excluding hydrogens is 284 g/mol. The highest BCUT2D eigenvalue weighted by Gasteiger charge is 2.08. The van der Waals surface area contributed by atoms with Crippen molar-refractivity contribution in [2.24, 2.45) is 5.73 Å². The number of hydrogen-bond donors (Lipinski definition) is 1. The summed E-state index contributed by atoms with van der Waals surface area (Å²) in [6, 6.07) is 15.4. The Morgan fingerprint density at radius 1 is 1.05 bits per heavy atom. The van der Waals surface area contributed by atoms with Crippen molar-refractivity contribution in [2.45, 2.75) is 6.42 Å². The molecule has 0 atom stereocenters. The van der Waals surface area contributed by atoms with E-state index in [0.29, 0.717) is 18.0 Å². The van der Waals surface area contributed by atoms with Crippen LogP contribution in [0.1, 0.15) is 5.56 Å². The van der Waals surface area contributed by atoms with E-state index in [4.69, 9.17) is 22.1 Å². The van der Waals surface area contributed by atoms with E-state index in [2.05, 4.69) is 4.98 Å². The molecule has 1 aromatic heterocycles. The highest BCUT2D eigenvalue weighted by Crippen LogP contribution is 2.31. The Hall–Kier alpha value is -2.10. The molecule has 4 heteroatoms. The number of aromatic nitrogens is 1. The van der Waals surface area contributed by atoms with Crippen LogP contribution in [0.3, 0.4) is 0 Å². The van der Waals surface area contributed by atoms with Crippen molar-refractivity contribution in [1.29, 1.82) is 0 Å². The molecule has 0 saturated carbocycles. The lowest BCUT2D eigenvalue weighted by atomic mass is 10.1. The number of rotatable bonds is 4. The molecule has 0 aliphatic carbocycles. The molecule has 0 aliphatic rings. The summed E-state index contributed by atoms with van der Waals surface area (Å²) in [5.41, 5.74) is 7.49. The van der Waals surface area contributed by atoms with Crippen LogP contribution in [-0.4, -0.2) is 11.5 Å². The maximum absolute atomic E-state index is 6.05. The third-order valence-corrected chi connectivity index (χ3v) is 3.49. The third kappa shape index (κ3) is 2.99. The molecule has 0 amide bonds. The summed E-state index contributed by atoms with van der Waals surface area (Å²) in [5, 5.41) is 1.73. The number of halogens is 1.